The zero-order chi connectivity index (χ0) is 14.6. The van der Waals surface area contributed by atoms with Crippen LogP contribution < -0.4 is 5.32 Å². The van der Waals surface area contributed by atoms with Crippen LogP contribution in [0.2, 0.25) is 0 Å². The van der Waals surface area contributed by atoms with Crippen molar-refractivity contribution in [3.63, 3.8) is 0 Å². The second-order valence-corrected chi connectivity index (χ2v) is 5.59. The first-order valence-corrected chi connectivity index (χ1v) is 6.89. The van der Waals surface area contributed by atoms with E-state index in [0.717, 1.165) is 19.4 Å². The van der Waals surface area contributed by atoms with Crippen molar-refractivity contribution >= 4 is 11.8 Å². The Kier molecular flexibility index (Phi) is 4.57. The fraction of sp³-hybridized carbons (Fsp3) is 0.571. The van der Waals surface area contributed by atoms with Crippen LogP contribution in [0.5, 0.6) is 0 Å². The molecule has 0 aliphatic carbocycles. The first kappa shape index (κ1) is 14.7. The molecule has 0 radical (unpaired) electrons. The molecular weight excluding hydrogens is 258 g/mol. The molecule has 0 bridgehead atoms. The summed E-state index contributed by atoms with van der Waals surface area (Å²) in [6.07, 6.45) is 3.87. The van der Waals surface area contributed by atoms with Crippen LogP contribution in [-0.2, 0) is 4.79 Å². The summed E-state index contributed by atoms with van der Waals surface area (Å²) in [6.45, 7) is 3.44. The van der Waals surface area contributed by atoms with E-state index in [0.29, 0.717) is 18.7 Å². The Labute approximate surface area is 118 Å². The second-order valence-electron chi connectivity index (χ2n) is 5.59. The molecule has 3 N–H and O–H groups in total. The Morgan fingerprint density at radius 2 is 2.25 bits per heavy atom. The molecule has 1 aromatic heterocycles. The fourth-order valence-electron chi connectivity index (χ4n) is 2.39. The summed E-state index contributed by atoms with van der Waals surface area (Å²) in [6, 6.07) is 3.32. The topological polar surface area (TPSA) is 85.4 Å². The zero-order valence-corrected chi connectivity index (χ0v) is 11.7. The van der Waals surface area contributed by atoms with Gasteiger partial charge < -0.3 is 10.1 Å². The molecule has 0 spiro atoms. The molecule has 2 heterocycles. The third-order valence-electron chi connectivity index (χ3n) is 3.62. The number of carbonyl (C=O) groups is 2. The predicted molar refractivity (Wildman–Crippen MR) is 74.2 cm³/mol. The molecule has 1 atom stereocenters. The predicted octanol–water partition coefficient (Wildman–Crippen LogP) is 0.508. The van der Waals surface area contributed by atoms with Gasteiger partial charge in [-0.1, -0.05) is 0 Å². The number of aromatic amines is 1. The molecular formula is C14H21N3O3. The number of amides is 2. The number of aromatic nitrogens is 1. The van der Waals surface area contributed by atoms with E-state index in [2.05, 4.69) is 10.3 Å². The van der Waals surface area contributed by atoms with Gasteiger partial charge in [-0.15, -0.1) is 0 Å². The lowest BCUT2D eigenvalue weighted by atomic mass is 9.98. The minimum Gasteiger partial charge on any atom is -0.390 e. The molecule has 110 valence electrons. The van der Waals surface area contributed by atoms with Crippen molar-refractivity contribution in [2.75, 3.05) is 19.6 Å². The smallest absolute Gasteiger partial charge is 0.274 e. The number of rotatable bonds is 3. The van der Waals surface area contributed by atoms with Crippen LogP contribution in [0.1, 0.15) is 36.7 Å². The molecule has 1 aromatic rings. The van der Waals surface area contributed by atoms with E-state index < -0.39 is 11.5 Å². The first-order chi connectivity index (χ1) is 9.46. The number of nitrogens with one attached hydrogen (secondary N) is 2. The van der Waals surface area contributed by atoms with Crippen molar-refractivity contribution in [3.8, 4) is 0 Å². The van der Waals surface area contributed by atoms with Gasteiger partial charge in [-0.3, -0.25) is 19.8 Å². The minimum atomic E-state index is -0.648. The highest BCUT2D eigenvalue weighted by Crippen LogP contribution is 2.20. The molecule has 2 rings (SSSR count). The average Bonchev–Trinajstić information content (AvgIpc) is 2.84. The first-order valence-electron chi connectivity index (χ1n) is 6.89. The number of hydrogen-bond acceptors (Lipinski definition) is 4. The normalized spacial score (nSPS) is 24.1. The molecule has 6 nitrogen and oxygen atoms in total. The van der Waals surface area contributed by atoms with E-state index in [1.165, 1.54) is 0 Å². The molecule has 0 saturated carbocycles. The van der Waals surface area contributed by atoms with E-state index in [-0.39, 0.29) is 12.5 Å². The second kappa shape index (κ2) is 6.19. The Morgan fingerprint density at radius 1 is 1.45 bits per heavy atom. The van der Waals surface area contributed by atoms with E-state index >= 15 is 0 Å². The molecule has 1 unspecified atom stereocenters. The van der Waals surface area contributed by atoms with Crippen molar-refractivity contribution < 1.29 is 14.7 Å². The number of nitrogens with zero attached hydrogens (tertiary/aromatic N) is 1. The molecule has 6 heteroatoms. The van der Waals surface area contributed by atoms with Crippen molar-refractivity contribution in [2.24, 2.45) is 0 Å². The largest absolute Gasteiger partial charge is 0.390 e. The molecule has 1 aliphatic rings. The molecule has 2 amide bonds. The maximum absolute atomic E-state index is 11.8. The maximum Gasteiger partial charge on any atom is 0.274 e. The summed E-state index contributed by atoms with van der Waals surface area (Å²) >= 11 is 0. The standard InChI is InChI=1S/C14H21N3O3/c1-14(20)5-3-8-17(9-6-14)10-12(18)16-13(19)11-4-2-7-15-11/h2,4,7,15,20H,3,5-6,8-10H2,1H3,(H,16,18,19). The van der Waals surface area contributed by atoms with E-state index in [1.54, 1.807) is 18.3 Å². The van der Waals surface area contributed by atoms with Crippen molar-refractivity contribution in [1.82, 2.24) is 15.2 Å². The van der Waals surface area contributed by atoms with Gasteiger partial charge in [-0.2, -0.15) is 0 Å². The highest BCUT2D eigenvalue weighted by molar-refractivity contribution is 6.04. The number of hydrogen-bond donors (Lipinski definition) is 3. The van der Waals surface area contributed by atoms with Gasteiger partial charge in [0.1, 0.15) is 5.69 Å². The Hall–Kier alpha value is -1.66. The van der Waals surface area contributed by atoms with Crippen LogP contribution >= 0.6 is 0 Å². The third kappa shape index (κ3) is 4.18. The monoisotopic (exact) mass is 279 g/mol. The lowest BCUT2D eigenvalue weighted by molar-refractivity contribution is -0.121. The fourth-order valence-corrected chi connectivity index (χ4v) is 2.39. The average molecular weight is 279 g/mol. The van der Waals surface area contributed by atoms with Crippen LogP contribution in [0.4, 0.5) is 0 Å². The lowest BCUT2D eigenvalue weighted by Gasteiger charge is -2.21. The number of likely N-dealkylation sites (tertiary alicyclic amines) is 1. The highest BCUT2D eigenvalue weighted by Gasteiger charge is 2.26. The summed E-state index contributed by atoms with van der Waals surface area (Å²) in [5.74, 6) is -0.729. The Morgan fingerprint density at radius 3 is 2.95 bits per heavy atom. The van der Waals surface area contributed by atoms with Crippen LogP contribution in [0.25, 0.3) is 0 Å². The SMILES string of the molecule is CC1(O)CCCN(CC(=O)NC(=O)c2ccc[nH]2)CC1. The van der Waals surface area contributed by atoms with Crippen LogP contribution in [0, 0.1) is 0 Å². The van der Waals surface area contributed by atoms with E-state index in [1.807, 2.05) is 11.8 Å². The third-order valence-corrected chi connectivity index (χ3v) is 3.62. The lowest BCUT2D eigenvalue weighted by Crippen LogP contribution is -2.40. The zero-order valence-electron chi connectivity index (χ0n) is 11.7. The number of imide groups is 1. The molecule has 0 aromatic carbocycles. The Balaban J connectivity index is 1.81. The van der Waals surface area contributed by atoms with Gasteiger partial charge in [-0.25, -0.2) is 0 Å². The summed E-state index contributed by atoms with van der Waals surface area (Å²) in [5.41, 5.74) is -0.275. The summed E-state index contributed by atoms with van der Waals surface area (Å²) in [4.78, 5) is 28.3. The van der Waals surface area contributed by atoms with Gasteiger partial charge in [0.15, 0.2) is 0 Å². The van der Waals surface area contributed by atoms with Gasteiger partial charge in [0.2, 0.25) is 5.91 Å². The molecule has 1 aliphatic heterocycles. The van der Waals surface area contributed by atoms with Crippen LogP contribution in [0.3, 0.4) is 0 Å². The van der Waals surface area contributed by atoms with Crippen molar-refractivity contribution in [2.45, 2.75) is 31.8 Å². The maximum atomic E-state index is 11.8. The van der Waals surface area contributed by atoms with Gasteiger partial charge in [0.25, 0.3) is 5.91 Å². The van der Waals surface area contributed by atoms with Crippen molar-refractivity contribution in [3.05, 3.63) is 24.0 Å². The number of carbonyl (C=O) groups excluding carboxylic acids is 2. The highest BCUT2D eigenvalue weighted by atomic mass is 16.3. The van der Waals surface area contributed by atoms with Gasteiger partial charge >= 0.3 is 0 Å². The van der Waals surface area contributed by atoms with Gasteiger partial charge in [0, 0.05) is 12.7 Å². The molecule has 1 saturated heterocycles. The van der Waals surface area contributed by atoms with Crippen LogP contribution in [-0.4, -0.2) is 52.0 Å². The molecule has 20 heavy (non-hydrogen) atoms. The number of aliphatic hydroxyl groups is 1. The summed E-state index contributed by atoms with van der Waals surface area (Å²) in [7, 11) is 0. The quantitative estimate of drug-likeness (QED) is 0.752. The number of H-pyrrole nitrogens is 1. The Bertz CT molecular complexity index is 468. The van der Waals surface area contributed by atoms with E-state index in [9.17, 15) is 14.7 Å². The van der Waals surface area contributed by atoms with Gasteiger partial charge in [-0.05, 0) is 44.9 Å². The summed E-state index contributed by atoms with van der Waals surface area (Å²) < 4.78 is 0. The minimum absolute atomic E-state index is 0.183. The van der Waals surface area contributed by atoms with E-state index in [4.69, 9.17) is 0 Å². The van der Waals surface area contributed by atoms with Gasteiger partial charge in [0.05, 0.1) is 12.1 Å². The summed E-state index contributed by atoms with van der Waals surface area (Å²) in [5, 5.41) is 12.3. The van der Waals surface area contributed by atoms with Crippen molar-refractivity contribution in [1.29, 1.82) is 0 Å². The van der Waals surface area contributed by atoms with Crippen LogP contribution in [0.15, 0.2) is 18.3 Å². The molecule has 1 fully saturated rings.